The van der Waals surface area contributed by atoms with Crippen molar-refractivity contribution in [3.05, 3.63) is 70.8 Å². The van der Waals surface area contributed by atoms with Crippen LogP contribution in [-0.2, 0) is 6.54 Å². The zero-order valence-corrected chi connectivity index (χ0v) is 11.7. The number of hydrogen-bond acceptors (Lipinski definition) is 3. The molecular formula is C18H13NO3. The highest BCUT2D eigenvalue weighted by molar-refractivity contribution is 6.21. The van der Waals surface area contributed by atoms with Crippen LogP contribution in [0.15, 0.2) is 48.5 Å². The summed E-state index contributed by atoms with van der Waals surface area (Å²) >= 11 is 0. The van der Waals surface area contributed by atoms with Crippen LogP contribution >= 0.6 is 0 Å². The molecule has 22 heavy (non-hydrogen) atoms. The Morgan fingerprint density at radius 3 is 2.27 bits per heavy atom. The summed E-state index contributed by atoms with van der Waals surface area (Å²) in [5, 5.41) is 8.73. The Hall–Kier alpha value is -2.90. The third-order valence-electron chi connectivity index (χ3n) is 3.46. The van der Waals surface area contributed by atoms with Crippen LogP contribution < -0.4 is 0 Å². The second-order valence-corrected chi connectivity index (χ2v) is 4.90. The smallest absolute Gasteiger partial charge is 0.261 e. The molecule has 0 aliphatic carbocycles. The van der Waals surface area contributed by atoms with E-state index in [9.17, 15) is 9.59 Å². The predicted octanol–water partition coefficient (Wildman–Crippen LogP) is 1.83. The highest BCUT2D eigenvalue weighted by Crippen LogP contribution is 2.24. The Balaban J connectivity index is 1.86. The summed E-state index contributed by atoms with van der Waals surface area (Å²) < 4.78 is 0. The maximum Gasteiger partial charge on any atom is 0.261 e. The van der Waals surface area contributed by atoms with Crippen molar-refractivity contribution in [1.29, 1.82) is 0 Å². The highest BCUT2D eigenvalue weighted by atomic mass is 16.2. The maximum atomic E-state index is 12.3. The quantitative estimate of drug-likeness (QED) is 0.678. The molecule has 0 aromatic heterocycles. The number of aliphatic hydroxyl groups excluding tert-OH is 1. The van der Waals surface area contributed by atoms with E-state index >= 15 is 0 Å². The van der Waals surface area contributed by atoms with Gasteiger partial charge in [-0.2, -0.15) is 0 Å². The average molecular weight is 291 g/mol. The maximum absolute atomic E-state index is 12.3. The lowest BCUT2D eigenvalue weighted by molar-refractivity contribution is 0.0642. The molecule has 0 saturated carbocycles. The molecule has 0 radical (unpaired) electrons. The van der Waals surface area contributed by atoms with E-state index in [1.807, 2.05) is 24.3 Å². The van der Waals surface area contributed by atoms with Crippen LogP contribution in [0.3, 0.4) is 0 Å². The predicted molar refractivity (Wildman–Crippen MR) is 81.1 cm³/mol. The number of aliphatic hydroxyl groups is 1. The Kier molecular flexibility index (Phi) is 3.73. The van der Waals surface area contributed by atoms with Gasteiger partial charge in [-0.1, -0.05) is 36.1 Å². The van der Waals surface area contributed by atoms with Crippen molar-refractivity contribution in [3.8, 4) is 11.8 Å². The fourth-order valence-corrected chi connectivity index (χ4v) is 2.45. The summed E-state index contributed by atoms with van der Waals surface area (Å²) in [6.45, 7) is 0.00360. The molecular weight excluding hydrogens is 278 g/mol. The van der Waals surface area contributed by atoms with Gasteiger partial charge in [-0.05, 0) is 29.8 Å². The van der Waals surface area contributed by atoms with Gasteiger partial charge in [-0.25, -0.2) is 0 Å². The van der Waals surface area contributed by atoms with Crippen molar-refractivity contribution >= 4 is 11.8 Å². The van der Waals surface area contributed by atoms with E-state index in [0.29, 0.717) is 11.1 Å². The first-order valence-electron chi connectivity index (χ1n) is 6.84. The summed E-state index contributed by atoms with van der Waals surface area (Å²) in [5.41, 5.74) is 2.45. The Bertz CT molecular complexity index is 779. The van der Waals surface area contributed by atoms with Gasteiger partial charge in [0.2, 0.25) is 0 Å². The molecule has 0 saturated heterocycles. The lowest BCUT2D eigenvalue weighted by atomic mass is 10.1. The molecule has 0 spiro atoms. The van der Waals surface area contributed by atoms with Gasteiger partial charge < -0.3 is 5.11 Å². The normalized spacial score (nSPS) is 12.9. The minimum Gasteiger partial charge on any atom is -0.384 e. The molecule has 2 aromatic carbocycles. The molecule has 1 N–H and O–H groups in total. The third-order valence-corrected chi connectivity index (χ3v) is 3.46. The van der Waals surface area contributed by atoms with Crippen LogP contribution in [0.5, 0.6) is 0 Å². The molecule has 0 bridgehead atoms. The number of benzene rings is 2. The van der Waals surface area contributed by atoms with Crippen molar-refractivity contribution < 1.29 is 14.7 Å². The van der Waals surface area contributed by atoms with Gasteiger partial charge in [0.1, 0.15) is 6.61 Å². The van der Waals surface area contributed by atoms with Gasteiger partial charge in [-0.3, -0.25) is 14.5 Å². The third kappa shape index (κ3) is 2.50. The Morgan fingerprint density at radius 2 is 1.64 bits per heavy atom. The number of carbonyl (C=O) groups excluding carboxylic acids is 2. The van der Waals surface area contributed by atoms with E-state index in [0.717, 1.165) is 11.1 Å². The molecule has 4 heteroatoms. The minimum atomic E-state index is -0.271. The summed E-state index contributed by atoms with van der Waals surface area (Å²) in [4.78, 5) is 25.9. The van der Waals surface area contributed by atoms with Gasteiger partial charge in [0.15, 0.2) is 0 Å². The van der Waals surface area contributed by atoms with Crippen molar-refractivity contribution in [2.75, 3.05) is 6.61 Å². The van der Waals surface area contributed by atoms with E-state index in [2.05, 4.69) is 11.8 Å². The molecule has 0 atom stereocenters. The van der Waals surface area contributed by atoms with Gasteiger partial charge in [-0.15, -0.1) is 0 Å². The molecule has 4 nitrogen and oxygen atoms in total. The summed E-state index contributed by atoms with van der Waals surface area (Å²) in [6.07, 6.45) is 0. The summed E-state index contributed by atoms with van der Waals surface area (Å²) in [7, 11) is 0. The summed E-state index contributed by atoms with van der Waals surface area (Å²) in [6, 6.07) is 14.1. The molecule has 2 aromatic rings. The largest absolute Gasteiger partial charge is 0.384 e. The lowest BCUT2D eigenvalue weighted by Gasteiger charge is -2.14. The second-order valence-electron chi connectivity index (χ2n) is 4.90. The number of hydrogen-bond donors (Lipinski definition) is 1. The Labute approximate surface area is 128 Å². The SMILES string of the molecule is O=C1c2ccccc2C(=O)N1Cc1cccc(C#CCO)c1. The van der Waals surface area contributed by atoms with Crippen LogP contribution in [0.2, 0.25) is 0 Å². The molecule has 108 valence electrons. The van der Waals surface area contributed by atoms with Crippen LogP contribution in [0.4, 0.5) is 0 Å². The zero-order valence-electron chi connectivity index (χ0n) is 11.7. The zero-order chi connectivity index (χ0) is 15.5. The first kappa shape index (κ1) is 14.1. The van der Waals surface area contributed by atoms with Crippen molar-refractivity contribution in [2.45, 2.75) is 6.54 Å². The number of nitrogens with zero attached hydrogens (tertiary/aromatic N) is 1. The molecule has 1 aliphatic heterocycles. The fraction of sp³-hybridized carbons (Fsp3) is 0.111. The Morgan fingerprint density at radius 1 is 0.955 bits per heavy atom. The highest BCUT2D eigenvalue weighted by Gasteiger charge is 2.34. The van der Waals surface area contributed by atoms with Gasteiger partial charge in [0.05, 0.1) is 17.7 Å². The average Bonchev–Trinajstić information content (AvgIpc) is 2.79. The molecule has 3 rings (SSSR count). The first-order valence-corrected chi connectivity index (χ1v) is 6.84. The van der Waals surface area contributed by atoms with E-state index in [1.54, 1.807) is 24.3 Å². The lowest BCUT2D eigenvalue weighted by Crippen LogP contribution is -2.29. The van der Waals surface area contributed by atoms with E-state index in [1.165, 1.54) is 4.90 Å². The number of amides is 2. The first-order chi connectivity index (χ1) is 10.7. The summed E-state index contributed by atoms with van der Waals surface area (Å²) in [5.74, 6) is 4.84. The monoisotopic (exact) mass is 291 g/mol. The molecule has 1 heterocycles. The molecule has 0 unspecified atom stereocenters. The topological polar surface area (TPSA) is 57.6 Å². The van der Waals surface area contributed by atoms with Crippen molar-refractivity contribution in [1.82, 2.24) is 4.90 Å². The van der Waals surface area contributed by atoms with Gasteiger partial charge >= 0.3 is 0 Å². The van der Waals surface area contributed by atoms with E-state index in [4.69, 9.17) is 5.11 Å². The number of carbonyl (C=O) groups is 2. The van der Waals surface area contributed by atoms with Crippen LogP contribution in [0.25, 0.3) is 0 Å². The molecule has 2 amide bonds. The second kappa shape index (κ2) is 5.84. The van der Waals surface area contributed by atoms with Crippen LogP contribution in [-0.4, -0.2) is 28.4 Å². The number of imide groups is 1. The van der Waals surface area contributed by atoms with Crippen molar-refractivity contribution in [2.24, 2.45) is 0 Å². The van der Waals surface area contributed by atoms with Gasteiger partial charge in [0.25, 0.3) is 11.8 Å². The fourth-order valence-electron chi connectivity index (χ4n) is 2.45. The van der Waals surface area contributed by atoms with E-state index < -0.39 is 0 Å². The molecule has 1 aliphatic rings. The van der Waals surface area contributed by atoms with Crippen molar-refractivity contribution in [3.63, 3.8) is 0 Å². The van der Waals surface area contributed by atoms with E-state index in [-0.39, 0.29) is 25.0 Å². The molecule has 0 fully saturated rings. The van der Waals surface area contributed by atoms with Crippen LogP contribution in [0.1, 0.15) is 31.8 Å². The minimum absolute atomic E-state index is 0.206. The number of fused-ring (bicyclic) bond motifs is 1. The number of rotatable bonds is 2. The van der Waals surface area contributed by atoms with Crippen LogP contribution in [0, 0.1) is 11.8 Å². The standard InChI is InChI=1S/C18H13NO3/c20-10-4-7-13-5-3-6-14(11-13)12-19-17(21)15-8-1-2-9-16(15)18(19)22/h1-3,5-6,8-9,11,20H,10,12H2. The van der Waals surface area contributed by atoms with Gasteiger partial charge in [0, 0.05) is 5.56 Å².